The molecule has 0 bridgehead atoms. The molecule has 0 unspecified atom stereocenters. The van der Waals surface area contributed by atoms with E-state index >= 15 is 0 Å². The number of piperazine rings is 1. The monoisotopic (exact) mass is 342 g/mol. The number of rotatable bonds is 6. The summed E-state index contributed by atoms with van der Waals surface area (Å²) in [6, 6.07) is 17.1. The van der Waals surface area contributed by atoms with E-state index in [0.29, 0.717) is 0 Å². The third-order valence-corrected chi connectivity index (χ3v) is 5.41. The first-order chi connectivity index (χ1) is 11.8. The van der Waals surface area contributed by atoms with Crippen LogP contribution < -0.4 is 0 Å². The Morgan fingerprint density at radius 3 is 2.21 bits per heavy atom. The van der Waals surface area contributed by atoms with Gasteiger partial charge in [0.25, 0.3) is 0 Å². The highest BCUT2D eigenvalue weighted by molar-refractivity contribution is 7.98. The van der Waals surface area contributed by atoms with Crippen molar-refractivity contribution in [2.75, 3.05) is 32.4 Å². The van der Waals surface area contributed by atoms with Crippen LogP contribution in [0.4, 0.5) is 0 Å². The average molecular weight is 343 g/mol. The Morgan fingerprint density at radius 1 is 0.875 bits per heavy atom. The Kier molecular flexibility index (Phi) is 6.32. The number of aliphatic hydroxyl groups excluding tert-OH is 1. The Balaban J connectivity index is 1.52. The van der Waals surface area contributed by atoms with Crippen LogP contribution in [-0.4, -0.2) is 47.3 Å². The minimum Gasteiger partial charge on any atom is -0.392 e. The normalized spacial score (nSPS) is 16.4. The Bertz CT molecular complexity index is 654. The van der Waals surface area contributed by atoms with Crippen LogP contribution >= 0.6 is 11.8 Å². The first-order valence-corrected chi connectivity index (χ1v) is 9.76. The summed E-state index contributed by atoms with van der Waals surface area (Å²) in [5.74, 6) is 0. The highest BCUT2D eigenvalue weighted by atomic mass is 32.2. The van der Waals surface area contributed by atoms with Crippen LogP contribution in [0.15, 0.2) is 53.4 Å². The molecular formula is C20H26N2OS. The zero-order valence-electron chi connectivity index (χ0n) is 14.3. The third kappa shape index (κ3) is 4.61. The van der Waals surface area contributed by atoms with E-state index in [9.17, 15) is 5.11 Å². The molecule has 1 heterocycles. The predicted octanol–water partition coefficient (Wildman–Crippen LogP) is 3.22. The van der Waals surface area contributed by atoms with E-state index in [1.54, 1.807) is 11.8 Å². The lowest BCUT2D eigenvalue weighted by Crippen LogP contribution is -2.45. The topological polar surface area (TPSA) is 26.7 Å². The van der Waals surface area contributed by atoms with Gasteiger partial charge in [-0.1, -0.05) is 36.4 Å². The molecule has 2 aromatic carbocycles. The van der Waals surface area contributed by atoms with Crippen molar-refractivity contribution in [3.05, 3.63) is 65.2 Å². The van der Waals surface area contributed by atoms with Gasteiger partial charge in [-0.25, -0.2) is 0 Å². The van der Waals surface area contributed by atoms with Gasteiger partial charge >= 0.3 is 0 Å². The molecule has 1 fully saturated rings. The van der Waals surface area contributed by atoms with Gasteiger partial charge < -0.3 is 5.11 Å². The second-order valence-corrected chi connectivity index (χ2v) is 7.21. The number of hydrogen-bond donors (Lipinski definition) is 1. The summed E-state index contributed by atoms with van der Waals surface area (Å²) in [4.78, 5) is 6.36. The van der Waals surface area contributed by atoms with Gasteiger partial charge in [0.15, 0.2) is 0 Å². The maximum atomic E-state index is 9.47. The van der Waals surface area contributed by atoms with Gasteiger partial charge in [-0.3, -0.25) is 9.80 Å². The molecule has 24 heavy (non-hydrogen) atoms. The molecule has 128 valence electrons. The van der Waals surface area contributed by atoms with Crippen molar-refractivity contribution in [2.24, 2.45) is 0 Å². The van der Waals surface area contributed by atoms with E-state index in [-0.39, 0.29) is 6.61 Å². The summed E-state index contributed by atoms with van der Waals surface area (Å²) in [5.41, 5.74) is 3.70. The summed E-state index contributed by atoms with van der Waals surface area (Å²) in [5, 5.41) is 9.47. The molecule has 1 aliphatic rings. The van der Waals surface area contributed by atoms with Crippen molar-refractivity contribution in [1.29, 1.82) is 0 Å². The summed E-state index contributed by atoms with van der Waals surface area (Å²) in [6.07, 6.45) is 2.13. The highest BCUT2D eigenvalue weighted by Crippen LogP contribution is 2.18. The smallest absolute Gasteiger partial charge is 0.0685 e. The van der Waals surface area contributed by atoms with E-state index in [1.807, 2.05) is 12.1 Å². The van der Waals surface area contributed by atoms with Gasteiger partial charge in [0.2, 0.25) is 0 Å². The van der Waals surface area contributed by atoms with Gasteiger partial charge in [-0.05, 0) is 35.1 Å². The molecule has 0 saturated carbocycles. The molecular weight excluding hydrogens is 316 g/mol. The van der Waals surface area contributed by atoms with Crippen LogP contribution in [0.3, 0.4) is 0 Å². The van der Waals surface area contributed by atoms with Crippen molar-refractivity contribution in [3.63, 3.8) is 0 Å². The molecule has 0 aromatic heterocycles. The van der Waals surface area contributed by atoms with E-state index in [4.69, 9.17) is 0 Å². The summed E-state index contributed by atoms with van der Waals surface area (Å²) in [6.45, 7) is 6.48. The van der Waals surface area contributed by atoms with E-state index in [2.05, 4.69) is 52.5 Å². The van der Waals surface area contributed by atoms with Gasteiger partial charge in [-0.2, -0.15) is 0 Å². The maximum absolute atomic E-state index is 9.47. The zero-order valence-corrected chi connectivity index (χ0v) is 15.1. The van der Waals surface area contributed by atoms with Crippen molar-refractivity contribution in [3.8, 4) is 0 Å². The van der Waals surface area contributed by atoms with Crippen molar-refractivity contribution in [2.45, 2.75) is 24.6 Å². The standard InChI is InChI=1S/C20H26N2OS/c1-24-20-8-4-5-17(13-20)14-21-9-11-22(12-10-21)15-18-6-2-3-7-19(18)16-23/h2-8,13,23H,9-12,14-16H2,1H3. The Hall–Kier alpha value is -1.33. The first-order valence-electron chi connectivity index (χ1n) is 8.54. The molecule has 1 saturated heterocycles. The maximum Gasteiger partial charge on any atom is 0.0685 e. The second kappa shape index (κ2) is 8.67. The molecule has 3 rings (SSSR count). The number of benzene rings is 2. The fraction of sp³-hybridized carbons (Fsp3) is 0.400. The molecule has 0 spiro atoms. The summed E-state index contributed by atoms with van der Waals surface area (Å²) >= 11 is 1.80. The molecule has 0 aliphatic carbocycles. The predicted molar refractivity (Wildman–Crippen MR) is 101 cm³/mol. The molecule has 1 N–H and O–H groups in total. The minimum absolute atomic E-state index is 0.127. The lowest BCUT2D eigenvalue weighted by atomic mass is 10.1. The summed E-state index contributed by atoms with van der Waals surface area (Å²) < 4.78 is 0. The van der Waals surface area contributed by atoms with Gasteiger partial charge in [0, 0.05) is 44.2 Å². The van der Waals surface area contributed by atoms with Crippen LogP contribution in [0.5, 0.6) is 0 Å². The molecule has 2 aromatic rings. The van der Waals surface area contributed by atoms with Gasteiger partial charge in [0.05, 0.1) is 6.61 Å². The van der Waals surface area contributed by atoms with E-state index < -0.39 is 0 Å². The van der Waals surface area contributed by atoms with Crippen LogP contribution in [0.2, 0.25) is 0 Å². The zero-order chi connectivity index (χ0) is 16.8. The lowest BCUT2D eigenvalue weighted by Gasteiger charge is -2.35. The van der Waals surface area contributed by atoms with Gasteiger partial charge in [-0.15, -0.1) is 11.8 Å². The lowest BCUT2D eigenvalue weighted by molar-refractivity contribution is 0.121. The fourth-order valence-corrected chi connectivity index (χ4v) is 3.73. The SMILES string of the molecule is CSc1cccc(CN2CCN(Cc3ccccc3CO)CC2)c1. The molecule has 1 aliphatic heterocycles. The van der Waals surface area contributed by atoms with Crippen LogP contribution in [0.25, 0.3) is 0 Å². The van der Waals surface area contributed by atoms with Gasteiger partial charge in [0.1, 0.15) is 0 Å². The average Bonchev–Trinajstić information content (AvgIpc) is 2.64. The molecule has 4 heteroatoms. The van der Waals surface area contributed by atoms with Crippen molar-refractivity contribution < 1.29 is 5.11 Å². The van der Waals surface area contributed by atoms with E-state index in [1.165, 1.54) is 16.0 Å². The van der Waals surface area contributed by atoms with Crippen LogP contribution in [0, 0.1) is 0 Å². The number of aliphatic hydroxyl groups is 1. The Morgan fingerprint density at radius 2 is 1.54 bits per heavy atom. The van der Waals surface area contributed by atoms with Crippen molar-refractivity contribution >= 4 is 11.8 Å². The Labute approximate surface area is 149 Å². The van der Waals surface area contributed by atoms with Crippen LogP contribution in [-0.2, 0) is 19.7 Å². The molecule has 0 amide bonds. The fourth-order valence-electron chi connectivity index (χ4n) is 3.24. The number of nitrogens with zero attached hydrogens (tertiary/aromatic N) is 2. The number of thioether (sulfide) groups is 1. The number of hydrogen-bond acceptors (Lipinski definition) is 4. The highest BCUT2D eigenvalue weighted by Gasteiger charge is 2.18. The third-order valence-electron chi connectivity index (χ3n) is 4.69. The molecule has 0 radical (unpaired) electrons. The summed E-state index contributed by atoms with van der Waals surface area (Å²) in [7, 11) is 0. The van der Waals surface area contributed by atoms with Crippen molar-refractivity contribution in [1.82, 2.24) is 9.80 Å². The molecule has 0 atom stereocenters. The largest absolute Gasteiger partial charge is 0.392 e. The quantitative estimate of drug-likeness (QED) is 0.816. The van der Waals surface area contributed by atoms with E-state index in [0.717, 1.165) is 44.8 Å². The molecule has 3 nitrogen and oxygen atoms in total. The minimum atomic E-state index is 0.127. The first kappa shape index (κ1) is 17.5. The second-order valence-electron chi connectivity index (χ2n) is 6.33. The van der Waals surface area contributed by atoms with Crippen LogP contribution in [0.1, 0.15) is 16.7 Å².